The van der Waals surface area contributed by atoms with E-state index in [2.05, 4.69) is 5.32 Å². The molecule has 0 aromatic heterocycles. The first-order chi connectivity index (χ1) is 3.84. The lowest BCUT2D eigenvalue weighted by Gasteiger charge is -2.10. The first-order valence-electron chi connectivity index (χ1n) is 2.83. The van der Waals surface area contributed by atoms with Gasteiger partial charge in [-0.3, -0.25) is 0 Å². The standard InChI is InChI=1S/C5H12N2O/c1-8-5-3-7-2-4(5)6/h4-5,7H,2-3,6H2,1H3/t4?,5-/m0/s1. The van der Waals surface area contributed by atoms with Gasteiger partial charge >= 0.3 is 0 Å². The van der Waals surface area contributed by atoms with E-state index in [0.717, 1.165) is 13.1 Å². The van der Waals surface area contributed by atoms with Crippen molar-refractivity contribution in [2.75, 3.05) is 20.2 Å². The number of ether oxygens (including phenoxy) is 1. The molecular formula is C5H12N2O. The van der Waals surface area contributed by atoms with Crippen LogP contribution in [0, 0.1) is 0 Å². The van der Waals surface area contributed by atoms with Crippen molar-refractivity contribution in [3.8, 4) is 0 Å². The Kier molecular flexibility index (Phi) is 1.83. The molecule has 1 heterocycles. The molecule has 3 N–H and O–H groups in total. The Morgan fingerprint density at radius 2 is 2.38 bits per heavy atom. The zero-order valence-electron chi connectivity index (χ0n) is 5.05. The lowest BCUT2D eigenvalue weighted by atomic mass is 10.2. The van der Waals surface area contributed by atoms with Crippen LogP contribution in [0.15, 0.2) is 0 Å². The van der Waals surface area contributed by atoms with E-state index in [4.69, 9.17) is 10.5 Å². The molecule has 8 heavy (non-hydrogen) atoms. The van der Waals surface area contributed by atoms with Gasteiger partial charge < -0.3 is 15.8 Å². The third-order valence-corrected chi connectivity index (χ3v) is 1.51. The van der Waals surface area contributed by atoms with Gasteiger partial charge in [0.15, 0.2) is 0 Å². The zero-order valence-corrected chi connectivity index (χ0v) is 5.05. The van der Waals surface area contributed by atoms with Crippen LogP contribution in [0.3, 0.4) is 0 Å². The lowest BCUT2D eigenvalue weighted by Crippen LogP contribution is -2.34. The van der Waals surface area contributed by atoms with E-state index < -0.39 is 0 Å². The summed E-state index contributed by atoms with van der Waals surface area (Å²) in [5.74, 6) is 0. The van der Waals surface area contributed by atoms with Crippen molar-refractivity contribution >= 4 is 0 Å². The van der Waals surface area contributed by atoms with Gasteiger partial charge in [0, 0.05) is 26.2 Å². The van der Waals surface area contributed by atoms with E-state index >= 15 is 0 Å². The third kappa shape index (κ3) is 0.992. The van der Waals surface area contributed by atoms with E-state index in [1.54, 1.807) is 7.11 Å². The van der Waals surface area contributed by atoms with Crippen molar-refractivity contribution in [3.05, 3.63) is 0 Å². The molecule has 1 fully saturated rings. The molecule has 0 spiro atoms. The summed E-state index contributed by atoms with van der Waals surface area (Å²) < 4.78 is 5.04. The van der Waals surface area contributed by atoms with Crippen LogP contribution in [0.5, 0.6) is 0 Å². The zero-order chi connectivity index (χ0) is 5.98. The van der Waals surface area contributed by atoms with Gasteiger partial charge in [-0.2, -0.15) is 0 Å². The van der Waals surface area contributed by atoms with Crippen molar-refractivity contribution in [2.45, 2.75) is 12.1 Å². The van der Waals surface area contributed by atoms with Gasteiger partial charge in [-0.15, -0.1) is 0 Å². The fourth-order valence-electron chi connectivity index (χ4n) is 0.933. The van der Waals surface area contributed by atoms with Crippen LogP contribution in [-0.2, 0) is 4.74 Å². The number of rotatable bonds is 1. The molecule has 1 saturated heterocycles. The van der Waals surface area contributed by atoms with E-state index in [1.807, 2.05) is 0 Å². The molecule has 2 atom stereocenters. The van der Waals surface area contributed by atoms with Gasteiger partial charge in [-0.25, -0.2) is 0 Å². The predicted octanol–water partition coefficient (Wildman–Crippen LogP) is -1.07. The second-order valence-electron chi connectivity index (χ2n) is 2.10. The molecule has 1 aliphatic heterocycles. The van der Waals surface area contributed by atoms with E-state index in [-0.39, 0.29) is 12.1 Å². The van der Waals surface area contributed by atoms with Crippen LogP contribution in [0.4, 0.5) is 0 Å². The molecule has 1 rings (SSSR count). The minimum absolute atomic E-state index is 0.194. The molecule has 3 heteroatoms. The van der Waals surface area contributed by atoms with Crippen LogP contribution in [0.1, 0.15) is 0 Å². The molecule has 0 aromatic rings. The minimum atomic E-state index is 0.194. The molecule has 0 amide bonds. The maximum atomic E-state index is 5.60. The normalized spacial score (nSPS) is 38.2. The van der Waals surface area contributed by atoms with E-state index in [0.29, 0.717) is 0 Å². The first-order valence-corrected chi connectivity index (χ1v) is 2.83. The molecule has 1 aliphatic rings. The van der Waals surface area contributed by atoms with Gasteiger partial charge in [-0.1, -0.05) is 0 Å². The second kappa shape index (κ2) is 2.44. The Morgan fingerprint density at radius 3 is 2.62 bits per heavy atom. The monoisotopic (exact) mass is 116 g/mol. The van der Waals surface area contributed by atoms with Crippen molar-refractivity contribution in [1.82, 2.24) is 5.32 Å². The summed E-state index contributed by atoms with van der Waals surface area (Å²) in [5, 5.41) is 3.12. The highest BCUT2D eigenvalue weighted by Gasteiger charge is 2.22. The Morgan fingerprint density at radius 1 is 1.62 bits per heavy atom. The summed E-state index contributed by atoms with van der Waals surface area (Å²) in [5.41, 5.74) is 5.60. The average molecular weight is 116 g/mol. The highest BCUT2D eigenvalue weighted by molar-refractivity contribution is 4.84. The molecular weight excluding hydrogens is 104 g/mol. The fourth-order valence-corrected chi connectivity index (χ4v) is 0.933. The molecule has 0 aromatic carbocycles. The van der Waals surface area contributed by atoms with Crippen molar-refractivity contribution < 1.29 is 4.74 Å². The van der Waals surface area contributed by atoms with Crippen molar-refractivity contribution in [1.29, 1.82) is 0 Å². The molecule has 0 saturated carbocycles. The predicted molar refractivity (Wildman–Crippen MR) is 31.6 cm³/mol. The Bertz CT molecular complexity index is 76.8. The van der Waals surface area contributed by atoms with Crippen molar-refractivity contribution in [3.63, 3.8) is 0 Å². The van der Waals surface area contributed by atoms with Crippen LogP contribution >= 0.6 is 0 Å². The summed E-state index contributed by atoms with van der Waals surface area (Å²) >= 11 is 0. The summed E-state index contributed by atoms with van der Waals surface area (Å²) in [6.45, 7) is 1.79. The van der Waals surface area contributed by atoms with Crippen LogP contribution < -0.4 is 11.1 Å². The summed E-state index contributed by atoms with van der Waals surface area (Å²) in [7, 11) is 1.69. The number of nitrogens with one attached hydrogen (secondary N) is 1. The van der Waals surface area contributed by atoms with Gasteiger partial charge in [0.2, 0.25) is 0 Å². The minimum Gasteiger partial charge on any atom is -0.378 e. The van der Waals surface area contributed by atoms with Gasteiger partial charge in [0.1, 0.15) is 0 Å². The van der Waals surface area contributed by atoms with Crippen LogP contribution in [-0.4, -0.2) is 32.3 Å². The number of methoxy groups -OCH3 is 1. The number of nitrogens with two attached hydrogens (primary N) is 1. The summed E-state index contributed by atoms with van der Waals surface area (Å²) in [4.78, 5) is 0. The molecule has 1 unspecified atom stereocenters. The molecule has 48 valence electrons. The Labute approximate surface area is 49.2 Å². The second-order valence-corrected chi connectivity index (χ2v) is 2.10. The average Bonchev–Trinajstić information content (AvgIpc) is 2.14. The Balaban J connectivity index is 2.30. The lowest BCUT2D eigenvalue weighted by molar-refractivity contribution is 0.107. The largest absolute Gasteiger partial charge is 0.378 e. The van der Waals surface area contributed by atoms with E-state index in [1.165, 1.54) is 0 Å². The smallest absolute Gasteiger partial charge is 0.0858 e. The van der Waals surface area contributed by atoms with Gasteiger partial charge in [-0.05, 0) is 0 Å². The van der Waals surface area contributed by atoms with Gasteiger partial charge in [0.05, 0.1) is 6.10 Å². The third-order valence-electron chi connectivity index (χ3n) is 1.51. The highest BCUT2D eigenvalue weighted by atomic mass is 16.5. The topological polar surface area (TPSA) is 47.3 Å². The fraction of sp³-hybridized carbons (Fsp3) is 1.00. The first kappa shape index (κ1) is 6.01. The van der Waals surface area contributed by atoms with E-state index in [9.17, 15) is 0 Å². The van der Waals surface area contributed by atoms with Crippen LogP contribution in [0.25, 0.3) is 0 Å². The number of hydrogen-bond acceptors (Lipinski definition) is 3. The highest BCUT2D eigenvalue weighted by Crippen LogP contribution is 1.98. The SMILES string of the molecule is CO[C@H]1CNCC1N. The summed E-state index contributed by atoms with van der Waals surface area (Å²) in [6.07, 6.45) is 0.231. The molecule has 3 nitrogen and oxygen atoms in total. The molecule has 0 radical (unpaired) electrons. The Hall–Kier alpha value is -0.120. The molecule has 0 aliphatic carbocycles. The van der Waals surface area contributed by atoms with Crippen LogP contribution in [0.2, 0.25) is 0 Å². The quantitative estimate of drug-likeness (QED) is 0.458. The maximum absolute atomic E-state index is 5.60. The number of hydrogen-bond donors (Lipinski definition) is 2. The molecule has 0 bridgehead atoms. The van der Waals surface area contributed by atoms with Gasteiger partial charge in [0.25, 0.3) is 0 Å². The van der Waals surface area contributed by atoms with Crippen molar-refractivity contribution in [2.24, 2.45) is 5.73 Å². The maximum Gasteiger partial charge on any atom is 0.0858 e. The summed E-state index contributed by atoms with van der Waals surface area (Å²) in [6, 6.07) is 0.194.